The molecule has 3 aromatic rings. The highest BCUT2D eigenvalue weighted by atomic mass is 33.1. The number of benzene rings is 1. The van der Waals surface area contributed by atoms with Crippen LogP contribution in [0.4, 0.5) is 0 Å². The zero-order chi connectivity index (χ0) is 39.8. The van der Waals surface area contributed by atoms with E-state index in [1.807, 2.05) is 44.2 Å². The smallest absolute Gasteiger partial charge is 0.271 e. The number of fused-ring (bicyclic) bond motifs is 9. The topological polar surface area (TPSA) is 241 Å². The number of thiazole rings is 2. The molecule has 55 heavy (non-hydrogen) atoms. The fourth-order valence-corrected chi connectivity index (χ4v) is 9.86. The highest BCUT2D eigenvalue weighted by Gasteiger charge is 2.36. The summed E-state index contributed by atoms with van der Waals surface area (Å²) in [6, 6.07) is 2.34. The maximum Gasteiger partial charge on any atom is 0.271 e. The average molecular weight is 833 g/mol. The number of nitrogens with zero attached hydrogens (tertiary/aromatic N) is 2. The Balaban J connectivity index is 1.57. The summed E-state index contributed by atoms with van der Waals surface area (Å²) in [7, 11) is 2.20. The number of hydrogen-bond acceptors (Lipinski definition) is 14. The van der Waals surface area contributed by atoms with E-state index < -0.39 is 83.9 Å². The molecule has 0 aliphatic carbocycles. The number of aromatic nitrogens is 2. The van der Waals surface area contributed by atoms with E-state index in [4.69, 9.17) is 0 Å². The van der Waals surface area contributed by atoms with Crippen LogP contribution < -0.4 is 31.9 Å². The molecule has 1 aromatic carbocycles. The zero-order valence-corrected chi connectivity index (χ0v) is 33.7. The number of carbonyl (C=O) groups excluding carboxylic acids is 6. The van der Waals surface area contributed by atoms with Gasteiger partial charge < -0.3 is 42.1 Å². The van der Waals surface area contributed by atoms with Crippen molar-refractivity contribution in [3.8, 4) is 0 Å². The summed E-state index contributed by atoms with van der Waals surface area (Å²) in [5.74, 6) is -4.64. The lowest BCUT2D eigenvalue weighted by molar-refractivity contribution is -0.132. The van der Waals surface area contributed by atoms with Gasteiger partial charge in [-0.25, -0.2) is 9.97 Å². The van der Waals surface area contributed by atoms with Crippen molar-refractivity contribution in [1.82, 2.24) is 41.9 Å². The third-order valence-corrected chi connectivity index (χ3v) is 13.4. The standard InChI is InChI=1S/C35H44N8O8S4/c1-5-16(2)25-35-40-22(13-53-35)29(47)38-23-14-54-55-15-24(31(49)43-27(18(4)45)33(51)41-25)37-28(46)21-12-52-34(39-21)20(11-19-9-7-6-8-10-19)36-32(50)26(17(3)44)42-30(23)48/h6-10,12-13,16-18,20,23-27,44-45H,5,11,14-15H2,1-4H3,(H,36,50)(H,37,46)(H,38,47)(H,41,51)(H,42,48)(H,43,49). The van der Waals surface area contributed by atoms with Crippen LogP contribution in [0.1, 0.15) is 82.8 Å². The maximum atomic E-state index is 13.9. The van der Waals surface area contributed by atoms with Gasteiger partial charge in [0.1, 0.15) is 45.6 Å². The normalized spacial score (nSPS) is 26.4. The van der Waals surface area contributed by atoms with Gasteiger partial charge in [0.15, 0.2) is 0 Å². The van der Waals surface area contributed by atoms with E-state index in [2.05, 4.69) is 41.9 Å². The third-order valence-electron chi connectivity index (χ3n) is 9.10. The lowest BCUT2D eigenvalue weighted by atomic mass is 9.98. The minimum absolute atomic E-state index is 0.0138. The molecule has 0 radical (unpaired) electrons. The highest BCUT2D eigenvalue weighted by molar-refractivity contribution is 8.76. The monoisotopic (exact) mass is 832 g/mol. The number of amides is 6. The predicted molar refractivity (Wildman–Crippen MR) is 210 cm³/mol. The minimum Gasteiger partial charge on any atom is -0.391 e. The summed E-state index contributed by atoms with van der Waals surface area (Å²) in [5.41, 5.74) is 0.786. The predicted octanol–water partition coefficient (Wildman–Crippen LogP) is 1.24. The van der Waals surface area contributed by atoms with Crippen LogP contribution >= 0.6 is 44.3 Å². The molecule has 4 heterocycles. The van der Waals surface area contributed by atoms with Gasteiger partial charge in [-0.15, -0.1) is 22.7 Å². The number of hydrogen-bond donors (Lipinski definition) is 8. The van der Waals surface area contributed by atoms with Crippen molar-refractivity contribution in [2.45, 2.75) is 89.0 Å². The Kier molecular flexibility index (Phi) is 14.7. The van der Waals surface area contributed by atoms with Gasteiger partial charge in [0, 0.05) is 22.3 Å². The van der Waals surface area contributed by atoms with E-state index in [0.29, 0.717) is 16.4 Å². The molecule has 0 fully saturated rings. The largest absolute Gasteiger partial charge is 0.391 e. The molecule has 6 amide bonds. The first-order valence-corrected chi connectivity index (χ1v) is 21.9. The van der Waals surface area contributed by atoms with Crippen LogP contribution in [0.5, 0.6) is 0 Å². The van der Waals surface area contributed by atoms with Crippen molar-refractivity contribution >= 4 is 79.7 Å². The molecule has 2 aromatic heterocycles. The molecular formula is C35H44N8O8S4. The van der Waals surface area contributed by atoms with Crippen molar-refractivity contribution in [2.75, 3.05) is 11.5 Å². The Labute approximate surface area is 333 Å². The lowest BCUT2D eigenvalue weighted by Crippen LogP contribution is -2.58. The van der Waals surface area contributed by atoms with Gasteiger partial charge in [-0.1, -0.05) is 72.2 Å². The Morgan fingerprint density at radius 2 is 1.13 bits per heavy atom. The molecule has 6 bridgehead atoms. The van der Waals surface area contributed by atoms with Crippen LogP contribution in [0, 0.1) is 5.92 Å². The van der Waals surface area contributed by atoms with Crippen LogP contribution in [0.15, 0.2) is 41.1 Å². The first-order valence-electron chi connectivity index (χ1n) is 17.6. The first-order chi connectivity index (χ1) is 26.2. The first kappa shape index (κ1) is 42.1. The second kappa shape index (κ2) is 19.2. The highest BCUT2D eigenvalue weighted by Crippen LogP contribution is 2.29. The summed E-state index contributed by atoms with van der Waals surface area (Å²) in [4.78, 5) is 91.6. The van der Waals surface area contributed by atoms with Gasteiger partial charge in [-0.3, -0.25) is 28.8 Å². The molecule has 20 heteroatoms. The van der Waals surface area contributed by atoms with Gasteiger partial charge >= 0.3 is 0 Å². The molecule has 296 valence electrons. The summed E-state index contributed by atoms with van der Waals surface area (Å²) < 4.78 is 0. The molecule has 5 rings (SSSR count). The van der Waals surface area contributed by atoms with Crippen LogP contribution in [0.25, 0.3) is 0 Å². The fraction of sp³-hybridized carbons (Fsp3) is 0.486. The number of rotatable bonds is 6. The Bertz CT molecular complexity index is 1860. The minimum atomic E-state index is -1.44. The summed E-state index contributed by atoms with van der Waals surface area (Å²) in [5, 5.41) is 41.5. The van der Waals surface area contributed by atoms with Gasteiger partial charge in [0.25, 0.3) is 11.8 Å². The van der Waals surface area contributed by atoms with Gasteiger partial charge in [0.2, 0.25) is 23.6 Å². The van der Waals surface area contributed by atoms with Crippen LogP contribution in [-0.2, 0) is 25.6 Å². The molecule has 9 atom stereocenters. The Hall–Kier alpha value is -4.08. The molecule has 16 nitrogen and oxygen atoms in total. The number of aliphatic hydroxyl groups excluding tert-OH is 2. The Morgan fingerprint density at radius 1 is 0.655 bits per heavy atom. The summed E-state index contributed by atoms with van der Waals surface area (Å²) in [6.45, 7) is 6.50. The second-order valence-corrected chi connectivity index (χ2v) is 17.7. The Morgan fingerprint density at radius 3 is 1.64 bits per heavy atom. The molecule has 0 saturated carbocycles. The van der Waals surface area contributed by atoms with E-state index in [1.165, 1.54) is 24.6 Å². The lowest BCUT2D eigenvalue weighted by Gasteiger charge is -2.28. The van der Waals surface area contributed by atoms with Crippen molar-refractivity contribution in [1.29, 1.82) is 0 Å². The number of carbonyl (C=O) groups is 6. The van der Waals surface area contributed by atoms with Crippen molar-refractivity contribution in [3.63, 3.8) is 0 Å². The average Bonchev–Trinajstić information content (AvgIpc) is 3.85. The molecule has 0 spiro atoms. The van der Waals surface area contributed by atoms with Crippen LogP contribution in [0.2, 0.25) is 0 Å². The zero-order valence-electron chi connectivity index (χ0n) is 30.4. The molecule has 2 aliphatic rings. The fourth-order valence-electron chi connectivity index (χ4n) is 5.70. The number of aliphatic hydroxyl groups is 2. The quantitative estimate of drug-likeness (QED) is 0.164. The summed E-state index contributed by atoms with van der Waals surface area (Å²) >= 11 is 2.22. The maximum absolute atomic E-state index is 13.9. The van der Waals surface area contributed by atoms with E-state index in [1.54, 1.807) is 0 Å². The number of nitrogens with one attached hydrogen (secondary N) is 6. The van der Waals surface area contributed by atoms with Crippen molar-refractivity contribution < 1.29 is 39.0 Å². The molecule has 0 saturated heterocycles. The van der Waals surface area contributed by atoms with E-state index in [-0.39, 0.29) is 35.2 Å². The molecule has 2 aliphatic heterocycles. The van der Waals surface area contributed by atoms with E-state index in [9.17, 15) is 39.0 Å². The van der Waals surface area contributed by atoms with E-state index in [0.717, 1.165) is 49.8 Å². The van der Waals surface area contributed by atoms with Crippen molar-refractivity contribution in [3.05, 3.63) is 68.1 Å². The third kappa shape index (κ3) is 10.8. The molecular weight excluding hydrogens is 789 g/mol. The molecule has 8 N–H and O–H groups in total. The second-order valence-electron chi connectivity index (χ2n) is 13.3. The van der Waals surface area contributed by atoms with Gasteiger partial charge in [0.05, 0.1) is 24.3 Å². The molecule has 9 unspecified atom stereocenters. The summed E-state index contributed by atoms with van der Waals surface area (Å²) in [6.07, 6.45) is -1.84. The van der Waals surface area contributed by atoms with Gasteiger partial charge in [-0.05, 0) is 31.7 Å². The van der Waals surface area contributed by atoms with Crippen molar-refractivity contribution in [2.24, 2.45) is 5.92 Å². The van der Waals surface area contributed by atoms with Crippen LogP contribution in [0.3, 0.4) is 0 Å². The SMILES string of the molecule is CCC(C)C1NC(=O)C(C(C)O)NC(=O)C2CSSCC(NC(=O)c3csc1n3)C(=O)NC(C(C)O)C(=O)NC(Cc1ccccc1)c1nc(cs1)C(=O)N2. The van der Waals surface area contributed by atoms with Gasteiger partial charge in [-0.2, -0.15) is 0 Å². The van der Waals surface area contributed by atoms with E-state index >= 15 is 0 Å². The van der Waals surface area contributed by atoms with Crippen LogP contribution in [-0.4, -0.2) is 104 Å².